The van der Waals surface area contributed by atoms with E-state index >= 15 is 0 Å². The average molecular weight is 1250 g/mol. The van der Waals surface area contributed by atoms with Crippen LogP contribution in [-0.2, 0) is 16.2 Å². The van der Waals surface area contributed by atoms with Gasteiger partial charge in [-0.1, -0.05) is 262 Å². The highest BCUT2D eigenvalue weighted by atomic mass is 16.3. The van der Waals surface area contributed by atoms with Crippen molar-refractivity contribution in [3.8, 4) is 50.2 Å². The van der Waals surface area contributed by atoms with E-state index in [0.29, 0.717) is 61.8 Å². The van der Waals surface area contributed by atoms with Gasteiger partial charge in [0.2, 0.25) is 0 Å². The van der Waals surface area contributed by atoms with Crippen LogP contribution in [0.15, 0.2) is 282 Å². The van der Waals surface area contributed by atoms with Gasteiger partial charge < -0.3 is 23.2 Å². The highest BCUT2D eigenvalue weighted by Crippen LogP contribution is 2.54. The number of hydrogen-bond donors (Lipinski definition) is 0. The Morgan fingerprint density at radius 3 is 1.47 bits per heavy atom. The van der Waals surface area contributed by atoms with E-state index in [1.54, 1.807) is 4.57 Å². The summed E-state index contributed by atoms with van der Waals surface area (Å²) in [6.45, 7) is 19.1. The van der Waals surface area contributed by atoms with Crippen molar-refractivity contribution in [3.05, 3.63) is 289 Å². The lowest BCUT2D eigenvalue weighted by Gasteiger charge is -2.45. The van der Waals surface area contributed by atoms with Crippen molar-refractivity contribution in [2.45, 2.75) is 78.6 Å². The zero-order chi connectivity index (χ0) is 76.4. The van der Waals surface area contributed by atoms with Crippen LogP contribution in [0.4, 0.5) is 34.1 Å². The van der Waals surface area contributed by atoms with E-state index in [2.05, 4.69) is 163 Å². The molecule has 0 amide bonds. The molecule has 0 N–H and O–H groups in total. The number of para-hydroxylation sites is 4. The average Bonchev–Trinajstić information content (AvgIpc) is 1.68. The Balaban J connectivity index is 1.09. The molecule has 0 saturated heterocycles. The van der Waals surface area contributed by atoms with E-state index in [1.165, 1.54) is 0 Å². The number of furan rings is 2. The SMILES string of the molecule is [2H]c1c([2H])c([2H])c(-c2ccc3c(c2)B2c4ccc(-c5cc(C(C)(C)C)cc(C(C)(C)C)c5)cc4N(c4cc(-c5ccccc5)cc5oc6ccccc6c45)c4cc(-n5c6c([2H])c([2H])c([2H])c([2H])c6c6c([2H])c([2H])c([2H])c([2H])c65)cc(c42)N3c2cc(-c3ccccc3C(C)(C)C)cc3oc4ccccc4c23)c([2H])c1[2H]. The van der Waals surface area contributed by atoms with Crippen LogP contribution < -0.4 is 26.2 Å². The topological polar surface area (TPSA) is 37.7 Å². The van der Waals surface area contributed by atoms with E-state index in [-0.39, 0.29) is 61.4 Å². The summed E-state index contributed by atoms with van der Waals surface area (Å²) in [6.07, 6.45) is 0. The monoisotopic (exact) mass is 1250 g/mol. The zero-order valence-corrected chi connectivity index (χ0v) is 54.7. The third-order valence-electron chi connectivity index (χ3n) is 19.7. The fraction of sp³-hybridized carbons (Fsp3) is 0.133. The number of rotatable bonds is 7. The van der Waals surface area contributed by atoms with Crippen LogP contribution in [-0.4, -0.2) is 11.3 Å². The molecule has 13 aromatic carbocycles. The maximum atomic E-state index is 10.1. The molecule has 462 valence electrons. The van der Waals surface area contributed by atoms with Crippen molar-refractivity contribution in [1.82, 2.24) is 4.57 Å². The molecule has 18 rings (SSSR count). The van der Waals surface area contributed by atoms with Crippen LogP contribution in [0.3, 0.4) is 0 Å². The number of anilines is 6. The first-order chi connectivity index (χ1) is 51.9. The molecular weight excluding hydrogens is 1170 g/mol. The summed E-state index contributed by atoms with van der Waals surface area (Å²) in [5.41, 5.74) is 16.8. The Morgan fingerprint density at radius 2 is 0.844 bits per heavy atom. The van der Waals surface area contributed by atoms with Gasteiger partial charge in [0.05, 0.1) is 56.7 Å². The van der Waals surface area contributed by atoms with E-state index in [4.69, 9.17) is 12.9 Å². The molecule has 0 unspecified atom stereocenters. The summed E-state index contributed by atoms with van der Waals surface area (Å²) >= 11 is 0. The molecule has 0 bridgehead atoms. The first-order valence-corrected chi connectivity index (χ1v) is 32.8. The van der Waals surface area contributed by atoms with Crippen molar-refractivity contribution in [2.75, 3.05) is 9.80 Å². The summed E-state index contributed by atoms with van der Waals surface area (Å²) in [4.78, 5) is 4.46. The Morgan fingerprint density at radius 1 is 0.333 bits per heavy atom. The quantitative estimate of drug-likeness (QED) is 0.149. The summed E-state index contributed by atoms with van der Waals surface area (Å²) in [5.74, 6) is 0. The smallest absolute Gasteiger partial charge is 0.252 e. The Labute approximate surface area is 579 Å². The third kappa shape index (κ3) is 9.05. The Bertz CT molecular complexity index is 6560. The Hall–Kier alpha value is -11.1. The molecule has 16 aromatic rings. The lowest BCUT2D eigenvalue weighted by molar-refractivity contribution is 0.569. The second-order valence-corrected chi connectivity index (χ2v) is 28.7. The van der Waals surface area contributed by atoms with Crippen LogP contribution in [0.2, 0.25) is 0 Å². The first kappa shape index (κ1) is 45.3. The highest BCUT2D eigenvalue weighted by molar-refractivity contribution is 7.00. The molecule has 0 fully saturated rings. The maximum absolute atomic E-state index is 10.1. The predicted octanol–water partition coefficient (Wildman–Crippen LogP) is 23.2. The number of fused-ring (bicyclic) bond motifs is 13. The molecule has 5 heterocycles. The van der Waals surface area contributed by atoms with E-state index in [1.807, 2.05) is 103 Å². The van der Waals surface area contributed by atoms with Gasteiger partial charge in [0, 0.05) is 44.3 Å². The van der Waals surface area contributed by atoms with Gasteiger partial charge in [0.25, 0.3) is 6.71 Å². The normalized spacial score (nSPS) is 15.1. The molecule has 3 aromatic heterocycles. The van der Waals surface area contributed by atoms with E-state index in [0.717, 1.165) is 88.2 Å². The van der Waals surface area contributed by atoms with Gasteiger partial charge in [-0.15, -0.1) is 0 Å². The van der Waals surface area contributed by atoms with Gasteiger partial charge in [0.1, 0.15) is 22.3 Å². The second-order valence-electron chi connectivity index (χ2n) is 28.7. The number of aromatic nitrogens is 1. The lowest BCUT2D eigenvalue weighted by atomic mass is 9.33. The molecule has 5 nitrogen and oxygen atoms in total. The predicted molar refractivity (Wildman–Crippen MR) is 407 cm³/mol. The molecule has 0 aliphatic carbocycles. The van der Waals surface area contributed by atoms with Gasteiger partial charge in [-0.05, 0) is 167 Å². The van der Waals surface area contributed by atoms with Crippen molar-refractivity contribution in [2.24, 2.45) is 0 Å². The molecule has 96 heavy (non-hydrogen) atoms. The Kier molecular flexibility index (Phi) is 10.0. The summed E-state index contributed by atoms with van der Waals surface area (Å²) in [7, 11) is 0. The van der Waals surface area contributed by atoms with Crippen molar-refractivity contribution in [1.29, 1.82) is 0 Å². The molecule has 6 heteroatoms. The summed E-state index contributed by atoms with van der Waals surface area (Å²) in [5, 5.41) is 2.93. The van der Waals surface area contributed by atoms with Crippen LogP contribution in [0.5, 0.6) is 0 Å². The molecule has 2 aliphatic rings. The van der Waals surface area contributed by atoms with Crippen molar-refractivity contribution >= 4 is 123 Å². The van der Waals surface area contributed by atoms with Crippen LogP contribution >= 0.6 is 0 Å². The molecule has 0 atom stereocenters. The van der Waals surface area contributed by atoms with Crippen LogP contribution in [0.1, 0.15) is 96.8 Å². The third-order valence-corrected chi connectivity index (χ3v) is 19.7. The maximum Gasteiger partial charge on any atom is 0.252 e. The molecule has 0 saturated carbocycles. The second kappa shape index (κ2) is 21.2. The lowest BCUT2D eigenvalue weighted by Crippen LogP contribution is -2.61. The molecule has 0 radical (unpaired) electrons. The van der Waals surface area contributed by atoms with Gasteiger partial charge in [-0.25, -0.2) is 0 Å². The number of benzene rings is 13. The highest BCUT2D eigenvalue weighted by Gasteiger charge is 2.46. The molecule has 2 aliphatic heterocycles. The van der Waals surface area contributed by atoms with Crippen molar-refractivity contribution in [3.63, 3.8) is 0 Å². The molecule has 0 spiro atoms. The number of nitrogens with zero attached hydrogens (tertiary/aromatic N) is 3. The minimum atomic E-state index is -0.788. The van der Waals surface area contributed by atoms with Gasteiger partial charge in [-0.2, -0.15) is 0 Å². The van der Waals surface area contributed by atoms with E-state index < -0.39 is 73.2 Å². The number of hydrogen-bond acceptors (Lipinski definition) is 4. The summed E-state index contributed by atoms with van der Waals surface area (Å²) < 4.78 is 139. The van der Waals surface area contributed by atoms with Gasteiger partial charge in [0.15, 0.2) is 0 Å². The minimum absolute atomic E-state index is 0.0135. The standard InChI is InChI=1S/C90H72BN3O2/c1-88(2,3)62-44-59(45-63(52-62)89(4,5)6)58-40-42-71-76(47-58)94(77-48-60(56-28-14-11-15-29-56)50-83-85(77)68-33-19-24-38-81(68)95-83)80-54-64(92-73-36-22-17-31-66(73)67-32-18-23-37-74(67)92)53-79-87(80)91(71)72-46-57(55-26-12-10-13-27-55)41-43-75(72)93(79)78-49-61(65-30-16-21-35-70(65)90(7,8)9)51-84-86(78)69-34-20-25-39-82(69)96-84/h10-54H,1-9H3/i10D,12D,13D,17D,18D,22D,23D,26D,27D,31D,32D,36D,37D. The van der Waals surface area contributed by atoms with Gasteiger partial charge >= 0.3 is 0 Å². The minimum Gasteiger partial charge on any atom is -0.456 e. The first-order valence-electron chi connectivity index (χ1n) is 39.3. The fourth-order valence-electron chi connectivity index (χ4n) is 15.1. The molecular formula is C90H72BN3O2. The van der Waals surface area contributed by atoms with Crippen LogP contribution in [0, 0.1) is 0 Å². The fourth-order valence-corrected chi connectivity index (χ4v) is 15.1. The van der Waals surface area contributed by atoms with Crippen molar-refractivity contribution < 1.29 is 26.7 Å². The van der Waals surface area contributed by atoms with Crippen LogP contribution in [0.25, 0.3) is 116 Å². The van der Waals surface area contributed by atoms with E-state index in [9.17, 15) is 13.7 Å². The summed E-state index contributed by atoms with van der Waals surface area (Å²) in [6, 6.07) is 59.5. The van der Waals surface area contributed by atoms with Gasteiger partial charge in [-0.3, -0.25) is 0 Å². The zero-order valence-electron chi connectivity index (χ0n) is 67.7. The largest absolute Gasteiger partial charge is 0.456 e.